The van der Waals surface area contributed by atoms with Gasteiger partial charge in [0.15, 0.2) is 11.5 Å². The standard InChI is InChI=1S/C27H22BrClN2O6/c1-16-13-20(8-9-22(16)29)36-11-12-37-23-10-3-17(15-24(23)35-2)14-21-25(32)30-27(34)31(26(21)33)19-6-4-18(28)5-7-19/h3-10,13-15H,11-12H2,1-2H3,(H,30,32,34)/b21-14-. The van der Waals surface area contributed by atoms with Gasteiger partial charge in [-0.05, 0) is 78.7 Å². The number of carbonyl (C=O) groups excluding carboxylic acids is 3. The number of hydrogen-bond donors (Lipinski definition) is 1. The number of anilines is 1. The second kappa shape index (κ2) is 11.5. The average molecular weight is 586 g/mol. The molecule has 0 spiro atoms. The summed E-state index contributed by atoms with van der Waals surface area (Å²) in [6.07, 6.45) is 1.40. The van der Waals surface area contributed by atoms with Gasteiger partial charge in [-0.2, -0.15) is 0 Å². The predicted octanol–water partition coefficient (Wildman–Crippen LogP) is 5.54. The summed E-state index contributed by atoms with van der Waals surface area (Å²) in [5, 5.41) is 2.88. The van der Waals surface area contributed by atoms with Crippen LogP contribution in [0.15, 0.2) is 70.7 Å². The molecule has 4 rings (SSSR count). The van der Waals surface area contributed by atoms with Crippen LogP contribution in [-0.4, -0.2) is 38.2 Å². The first kappa shape index (κ1) is 26.2. The van der Waals surface area contributed by atoms with Gasteiger partial charge < -0.3 is 14.2 Å². The molecule has 37 heavy (non-hydrogen) atoms. The second-order valence-corrected chi connectivity index (χ2v) is 9.28. The molecule has 0 unspecified atom stereocenters. The number of rotatable bonds is 8. The van der Waals surface area contributed by atoms with Gasteiger partial charge in [-0.15, -0.1) is 0 Å². The number of hydrogen-bond acceptors (Lipinski definition) is 6. The van der Waals surface area contributed by atoms with E-state index in [2.05, 4.69) is 21.2 Å². The van der Waals surface area contributed by atoms with E-state index in [1.165, 1.54) is 13.2 Å². The van der Waals surface area contributed by atoms with Crippen LogP contribution in [0.3, 0.4) is 0 Å². The Kier molecular flexibility index (Phi) is 8.15. The number of urea groups is 1. The summed E-state index contributed by atoms with van der Waals surface area (Å²) in [4.78, 5) is 38.8. The van der Waals surface area contributed by atoms with E-state index in [9.17, 15) is 14.4 Å². The topological polar surface area (TPSA) is 94.2 Å². The fraction of sp³-hybridized carbons (Fsp3) is 0.148. The molecule has 1 fully saturated rings. The lowest BCUT2D eigenvalue weighted by atomic mass is 10.1. The second-order valence-electron chi connectivity index (χ2n) is 7.95. The molecule has 1 aliphatic rings. The average Bonchev–Trinajstić information content (AvgIpc) is 2.88. The molecule has 8 nitrogen and oxygen atoms in total. The number of benzene rings is 3. The van der Waals surface area contributed by atoms with Gasteiger partial charge in [0.25, 0.3) is 11.8 Å². The van der Waals surface area contributed by atoms with Crippen LogP contribution in [0, 0.1) is 6.92 Å². The molecule has 0 saturated carbocycles. The molecule has 4 amide bonds. The van der Waals surface area contributed by atoms with E-state index in [0.29, 0.717) is 40.1 Å². The Balaban J connectivity index is 1.47. The molecular formula is C27H22BrClN2O6. The number of imide groups is 2. The smallest absolute Gasteiger partial charge is 0.335 e. The molecule has 0 radical (unpaired) electrons. The van der Waals surface area contributed by atoms with Crippen LogP contribution in [0.4, 0.5) is 10.5 Å². The largest absolute Gasteiger partial charge is 0.493 e. The first-order chi connectivity index (χ1) is 17.8. The molecule has 3 aromatic rings. The van der Waals surface area contributed by atoms with Crippen LogP contribution in [-0.2, 0) is 9.59 Å². The van der Waals surface area contributed by atoms with E-state index < -0.39 is 17.8 Å². The summed E-state index contributed by atoms with van der Waals surface area (Å²) >= 11 is 9.35. The Morgan fingerprint density at radius 2 is 1.68 bits per heavy atom. The lowest BCUT2D eigenvalue weighted by Gasteiger charge is -2.26. The number of ether oxygens (including phenoxy) is 3. The van der Waals surface area contributed by atoms with Gasteiger partial charge in [-0.1, -0.05) is 33.6 Å². The molecule has 3 aromatic carbocycles. The zero-order valence-electron chi connectivity index (χ0n) is 19.9. The highest BCUT2D eigenvalue weighted by Crippen LogP contribution is 2.30. The summed E-state index contributed by atoms with van der Waals surface area (Å²) < 4.78 is 17.7. The summed E-state index contributed by atoms with van der Waals surface area (Å²) in [7, 11) is 1.48. The summed E-state index contributed by atoms with van der Waals surface area (Å²) in [6, 6.07) is 16.2. The fourth-order valence-corrected chi connectivity index (χ4v) is 3.94. The molecule has 1 heterocycles. The zero-order chi connectivity index (χ0) is 26.5. The Hall–Kier alpha value is -3.82. The van der Waals surface area contributed by atoms with E-state index >= 15 is 0 Å². The van der Waals surface area contributed by atoms with Gasteiger partial charge >= 0.3 is 6.03 Å². The van der Waals surface area contributed by atoms with Crippen LogP contribution in [0.2, 0.25) is 5.02 Å². The van der Waals surface area contributed by atoms with Crippen LogP contribution in [0.25, 0.3) is 6.08 Å². The number of amides is 4. The molecule has 0 atom stereocenters. The minimum Gasteiger partial charge on any atom is -0.493 e. The number of methoxy groups -OCH3 is 1. The van der Waals surface area contributed by atoms with E-state index in [4.69, 9.17) is 25.8 Å². The van der Waals surface area contributed by atoms with Crippen LogP contribution >= 0.6 is 27.5 Å². The summed E-state index contributed by atoms with van der Waals surface area (Å²) in [6.45, 7) is 2.45. The highest BCUT2D eigenvalue weighted by Gasteiger charge is 2.36. The van der Waals surface area contributed by atoms with Crippen molar-refractivity contribution in [3.05, 3.63) is 86.9 Å². The van der Waals surface area contributed by atoms with Gasteiger partial charge in [0.1, 0.15) is 24.5 Å². The molecule has 1 N–H and O–H groups in total. The Morgan fingerprint density at radius 3 is 2.38 bits per heavy atom. The van der Waals surface area contributed by atoms with Gasteiger partial charge in [0.05, 0.1) is 12.8 Å². The highest BCUT2D eigenvalue weighted by atomic mass is 79.9. The first-order valence-electron chi connectivity index (χ1n) is 11.1. The highest BCUT2D eigenvalue weighted by molar-refractivity contribution is 9.10. The van der Waals surface area contributed by atoms with E-state index in [1.807, 2.05) is 13.0 Å². The Labute approximate surface area is 226 Å². The van der Waals surface area contributed by atoms with Crippen molar-refractivity contribution >= 4 is 57.1 Å². The third-order valence-corrected chi connectivity index (χ3v) is 6.38. The van der Waals surface area contributed by atoms with Gasteiger partial charge in [0.2, 0.25) is 0 Å². The van der Waals surface area contributed by atoms with Gasteiger partial charge in [0, 0.05) is 9.50 Å². The third kappa shape index (κ3) is 6.12. The third-order valence-electron chi connectivity index (χ3n) is 5.42. The van der Waals surface area contributed by atoms with E-state index in [-0.39, 0.29) is 12.2 Å². The van der Waals surface area contributed by atoms with Crippen molar-refractivity contribution in [3.8, 4) is 17.2 Å². The van der Waals surface area contributed by atoms with E-state index in [0.717, 1.165) is 14.9 Å². The number of nitrogens with zero attached hydrogens (tertiary/aromatic N) is 1. The number of carbonyl (C=O) groups is 3. The van der Waals surface area contributed by atoms with Crippen molar-refractivity contribution in [2.24, 2.45) is 0 Å². The Morgan fingerprint density at radius 1 is 0.946 bits per heavy atom. The maximum absolute atomic E-state index is 13.1. The molecule has 0 bridgehead atoms. The number of aryl methyl sites for hydroxylation is 1. The molecule has 1 aliphatic heterocycles. The van der Waals surface area contributed by atoms with Crippen molar-refractivity contribution in [1.82, 2.24) is 5.32 Å². The van der Waals surface area contributed by atoms with Crippen LogP contribution in [0.5, 0.6) is 17.2 Å². The van der Waals surface area contributed by atoms with Crippen molar-refractivity contribution in [2.75, 3.05) is 25.2 Å². The maximum atomic E-state index is 13.1. The molecule has 190 valence electrons. The minimum absolute atomic E-state index is 0.190. The summed E-state index contributed by atoms with van der Waals surface area (Å²) in [5.41, 5.74) is 1.58. The van der Waals surface area contributed by atoms with Gasteiger partial charge in [-0.3, -0.25) is 14.9 Å². The first-order valence-corrected chi connectivity index (χ1v) is 12.3. The monoisotopic (exact) mass is 584 g/mol. The normalized spacial score (nSPS) is 14.5. The summed E-state index contributed by atoms with van der Waals surface area (Å²) in [5.74, 6) is 0.0422. The molecule has 0 aliphatic carbocycles. The Bertz CT molecular complexity index is 1390. The van der Waals surface area contributed by atoms with Crippen LogP contribution < -0.4 is 24.4 Å². The van der Waals surface area contributed by atoms with Crippen molar-refractivity contribution < 1.29 is 28.6 Å². The molecular weight excluding hydrogens is 564 g/mol. The number of nitrogens with one attached hydrogen (secondary N) is 1. The molecule has 1 saturated heterocycles. The quantitative estimate of drug-likeness (QED) is 0.212. The van der Waals surface area contributed by atoms with Crippen molar-refractivity contribution in [3.63, 3.8) is 0 Å². The molecule has 0 aromatic heterocycles. The number of halogens is 2. The van der Waals surface area contributed by atoms with Crippen LogP contribution in [0.1, 0.15) is 11.1 Å². The minimum atomic E-state index is -0.813. The lowest BCUT2D eigenvalue weighted by molar-refractivity contribution is -0.122. The maximum Gasteiger partial charge on any atom is 0.335 e. The fourth-order valence-electron chi connectivity index (χ4n) is 3.56. The van der Waals surface area contributed by atoms with Gasteiger partial charge in [-0.25, -0.2) is 9.69 Å². The predicted molar refractivity (Wildman–Crippen MR) is 143 cm³/mol. The lowest BCUT2D eigenvalue weighted by Crippen LogP contribution is -2.54. The van der Waals surface area contributed by atoms with E-state index in [1.54, 1.807) is 54.6 Å². The molecule has 10 heteroatoms. The van der Waals surface area contributed by atoms with Crippen molar-refractivity contribution in [2.45, 2.75) is 6.92 Å². The van der Waals surface area contributed by atoms with Crippen molar-refractivity contribution in [1.29, 1.82) is 0 Å². The zero-order valence-corrected chi connectivity index (χ0v) is 22.3. The SMILES string of the molecule is COc1cc(/C=C2/C(=O)NC(=O)N(c3ccc(Br)cc3)C2=O)ccc1OCCOc1ccc(Cl)c(C)c1. The number of barbiturate groups is 1.